The minimum absolute atomic E-state index is 0.0424. The second-order valence-corrected chi connectivity index (χ2v) is 9.35. The lowest BCUT2D eigenvalue weighted by Gasteiger charge is -2.43. The molecule has 4 nitrogen and oxygen atoms in total. The average molecular weight is 404 g/mol. The predicted octanol–water partition coefficient (Wildman–Crippen LogP) is 5.48. The molecule has 156 valence electrons. The van der Waals surface area contributed by atoms with E-state index in [1.54, 1.807) is 7.11 Å². The van der Waals surface area contributed by atoms with Gasteiger partial charge >= 0.3 is 0 Å². The highest BCUT2D eigenvalue weighted by atomic mass is 16.5. The molecule has 1 aliphatic carbocycles. The standard InChI is InChI=1S/C26H29NO3/c1-16-9-10-17(2)21(11-16)27-22-14-26(3,4)15-23(28)25(22)20(13-24(27)29)18-7-6-8-19(12-18)30-5/h6-12,20H,13-15H2,1-5H3. The lowest BCUT2D eigenvalue weighted by atomic mass is 9.69. The van der Waals surface area contributed by atoms with Gasteiger partial charge in [-0.05, 0) is 60.6 Å². The van der Waals surface area contributed by atoms with Crippen molar-refractivity contribution in [2.24, 2.45) is 5.41 Å². The van der Waals surface area contributed by atoms with Crippen molar-refractivity contribution in [3.05, 3.63) is 70.4 Å². The van der Waals surface area contributed by atoms with Crippen LogP contribution in [0.4, 0.5) is 5.69 Å². The first-order valence-corrected chi connectivity index (χ1v) is 10.5. The van der Waals surface area contributed by atoms with Crippen LogP contribution in [0.3, 0.4) is 0 Å². The van der Waals surface area contributed by atoms with Crippen LogP contribution in [-0.4, -0.2) is 18.8 Å². The van der Waals surface area contributed by atoms with Crippen molar-refractivity contribution < 1.29 is 14.3 Å². The Balaban J connectivity index is 1.92. The van der Waals surface area contributed by atoms with Gasteiger partial charge in [0, 0.05) is 30.0 Å². The minimum Gasteiger partial charge on any atom is -0.497 e. The normalized spacial score (nSPS) is 21.0. The number of rotatable bonds is 3. The number of carbonyl (C=O) groups excluding carboxylic acids is 2. The number of anilines is 1. The zero-order chi connectivity index (χ0) is 21.6. The van der Waals surface area contributed by atoms with E-state index in [4.69, 9.17) is 4.74 Å². The van der Waals surface area contributed by atoms with E-state index >= 15 is 0 Å². The molecule has 2 aromatic rings. The van der Waals surface area contributed by atoms with Gasteiger partial charge in [0.15, 0.2) is 5.78 Å². The van der Waals surface area contributed by atoms with E-state index in [-0.39, 0.29) is 29.4 Å². The topological polar surface area (TPSA) is 46.6 Å². The van der Waals surface area contributed by atoms with Crippen LogP contribution in [0.15, 0.2) is 53.7 Å². The van der Waals surface area contributed by atoms with Gasteiger partial charge in [0.05, 0.1) is 12.8 Å². The van der Waals surface area contributed by atoms with Crippen molar-refractivity contribution in [3.8, 4) is 5.75 Å². The van der Waals surface area contributed by atoms with E-state index in [1.165, 1.54) is 0 Å². The lowest BCUT2D eigenvalue weighted by molar-refractivity contribution is -0.121. The summed E-state index contributed by atoms with van der Waals surface area (Å²) in [6, 6.07) is 13.9. The van der Waals surface area contributed by atoms with E-state index in [0.717, 1.165) is 39.4 Å². The van der Waals surface area contributed by atoms with Gasteiger partial charge in [-0.2, -0.15) is 0 Å². The van der Waals surface area contributed by atoms with Crippen molar-refractivity contribution >= 4 is 17.4 Å². The fourth-order valence-corrected chi connectivity index (χ4v) is 4.80. The number of aryl methyl sites for hydroxylation is 2. The molecule has 4 rings (SSSR count). The molecule has 1 heterocycles. The number of methoxy groups -OCH3 is 1. The number of nitrogens with zero attached hydrogens (tertiary/aromatic N) is 1. The Morgan fingerprint density at radius 1 is 1.03 bits per heavy atom. The van der Waals surface area contributed by atoms with Gasteiger partial charge in [0.2, 0.25) is 5.91 Å². The van der Waals surface area contributed by atoms with Crippen LogP contribution in [0.2, 0.25) is 0 Å². The van der Waals surface area contributed by atoms with Crippen LogP contribution in [0.1, 0.15) is 55.7 Å². The number of benzene rings is 2. The van der Waals surface area contributed by atoms with E-state index in [2.05, 4.69) is 26.0 Å². The summed E-state index contributed by atoms with van der Waals surface area (Å²) in [5.41, 5.74) is 5.48. The first-order chi connectivity index (χ1) is 14.2. The third-order valence-corrected chi connectivity index (χ3v) is 6.24. The summed E-state index contributed by atoms with van der Waals surface area (Å²) in [6.07, 6.45) is 1.49. The Labute approximate surface area is 178 Å². The van der Waals surface area contributed by atoms with Crippen LogP contribution < -0.4 is 9.64 Å². The van der Waals surface area contributed by atoms with Gasteiger partial charge in [-0.1, -0.05) is 38.1 Å². The second-order valence-electron chi connectivity index (χ2n) is 9.35. The molecule has 0 saturated carbocycles. The number of allylic oxidation sites excluding steroid dienone is 2. The van der Waals surface area contributed by atoms with Crippen molar-refractivity contribution in [1.29, 1.82) is 0 Å². The SMILES string of the molecule is COc1cccc(C2CC(=O)N(c3cc(C)ccc3C)C3=C2C(=O)CC(C)(C)C3)c1. The number of ketones is 1. The Kier molecular flexibility index (Phi) is 5.05. The lowest BCUT2D eigenvalue weighted by Crippen LogP contribution is -2.44. The van der Waals surface area contributed by atoms with E-state index < -0.39 is 0 Å². The van der Waals surface area contributed by atoms with Gasteiger partial charge in [0.1, 0.15) is 5.75 Å². The fourth-order valence-electron chi connectivity index (χ4n) is 4.80. The molecule has 0 fully saturated rings. The molecule has 0 bridgehead atoms. The average Bonchev–Trinajstić information content (AvgIpc) is 2.68. The monoisotopic (exact) mass is 403 g/mol. The third-order valence-electron chi connectivity index (χ3n) is 6.24. The summed E-state index contributed by atoms with van der Waals surface area (Å²) in [6.45, 7) is 8.26. The maximum Gasteiger partial charge on any atom is 0.232 e. The second kappa shape index (κ2) is 7.42. The van der Waals surface area contributed by atoms with Crippen LogP contribution in [0, 0.1) is 19.3 Å². The molecular weight excluding hydrogens is 374 g/mol. The van der Waals surface area contributed by atoms with E-state index in [0.29, 0.717) is 12.8 Å². The molecule has 4 heteroatoms. The molecule has 0 saturated heterocycles. The number of amides is 1. The van der Waals surface area contributed by atoms with Crippen LogP contribution >= 0.6 is 0 Å². The molecule has 0 spiro atoms. The summed E-state index contributed by atoms with van der Waals surface area (Å²) in [5, 5.41) is 0. The first kappa shape index (κ1) is 20.4. The van der Waals surface area contributed by atoms with Crippen molar-refractivity contribution in [2.45, 2.75) is 52.9 Å². The molecule has 1 atom stereocenters. The maximum absolute atomic E-state index is 13.5. The fraction of sp³-hybridized carbons (Fsp3) is 0.385. The molecule has 30 heavy (non-hydrogen) atoms. The smallest absolute Gasteiger partial charge is 0.232 e. The summed E-state index contributed by atoms with van der Waals surface area (Å²) in [5.74, 6) is 0.702. The zero-order valence-electron chi connectivity index (χ0n) is 18.4. The van der Waals surface area contributed by atoms with Gasteiger partial charge in [-0.3, -0.25) is 14.5 Å². The number of Topliss-reactive ketones (excluding diaryl/α,β-unsaturated/α-hetero) is 1. The van der Waals surface area contributed by atoms with E-state index in [9.17, 15) is 9.59 Å². The molecule has 1 unspecified atom stereocenters. The number of carbonyl (C=O) groups is 2. The van der Waals surface area contributed by atoms with Gasteiger partial charge in [-0.25, -0.2) is 0 Å². The van der Waals surface area contributed by atoms with Gasteiger partial charge < -0.3 is 4.74 Å². The molecular formula is C26H29NO3. The van der Waals surface area contributed by atoms with Gasteiger partial charge in [-0.15, -0.1) is 0 Å². The zero-order valence-corrected chi connectivity index (χ0v) is 18.4. The Morgan fingerprint density at radius 2 is 1.80 bits per heavy atom. The van der Waals surface area contributed by atoms with Crippen LogP contribution in [0.5, 0.6) is 5.75 Å². The van der Waals surface area contributed by atoms with Gasteiger partial charge in [0.25, 0.3) is 0 Å². The molecule has 0 N–H and O–H groups in total. The molecule has 2 aromatic carbocycles. The molecule has 0 radical (unpaired) electrons. The Hall–Kier alpha value is -2.88. The van der Waals surface area contributed by atoms with Crippen molar-refractivity contribution in [2.75, 3.05) is 12.0 Å². The summed E-state index contributed by atoms with van der Waals surface area (Å²) in [4.78, 5) is 28.7. The first-order valence-electron chi connectivity index (χ1n) is 10.5. The summed E-state index contributed by atoms with van der Waals surface area (Å²) >= 11 is 0. The van der Waals surface area contributed by atoms with Crippen molar-refractivity contribution in [1.82, 2.24) is 0 Å². The molecule has 1 aliphatic heterocycles. The number of hydrogen-bond donors (Lipinski definition) is 0. The van der Waals surface area contributed by atoms with Crippen LogP contribution in [0.25, 0.3) is 0 Å². The number of hydrogen-bond acceptors (Lipinski definition) is 3. The minimum atomic E-state index is -0.229. The summed E-state index contributed by atoms with van der Waals surface area (Å²) < 4.78 is 5.39. The molecule has 1 amide bonds. The highest BCUT2D eigenvalue weighted by molar-refractivity contribution is 6.08. The highest BCUT2D eigenvalue weighted by Crippen LogP contribution is 2.48. The third kappa shape index (κ3) is 3.55. The highest BCUT2D eigenvalue weighted by Gasteiger charge is 2.44. The Morgan fingerprint density at radius 3 is 2.53 bits per heavy atom. The maximum atomic E-state index is 13.5. The van der Waals surface area contributed by atoms with Crippen molar-refractivity contribution in [3.63, 3.8) is 0 Å². The number of ether oxygens (including phenoxy) is 1. The van der Waals surface area contributed by atoms with Crippen LogP contribution in [-0.2, 0) is 9.59 Å². The largest absolute Gasteiger partial charge is 0.497 e. The summed E-state index contributed by atoms with van der Waals surface area (Å²) in [7, 11) is 1.63. The van der Waals surface area contributed by atoms with E-state index in [1.807, 2.05) is 49.1 Å². The Bertz CT molecular complexity index is 1060. The predicted molar refractivity (Wildman–Crippen MR) is 119 cm³/mol. The molecule has 0 aromatic heterocycles. The quantitative estimate of drug-likeness (QED) is 0.682. The molecule has 2 aliphatic rings.